The Bertz CT molecular complexity index is 465. The zero-order valence-electron chi connectivity index (χ0n) is 15.3. The molecular formula is C19H32N2O3. The summed E-state index contributed by atoms with van der Waals surface area (Å²) in [5, 5.41) is 3.88. The molecule has 0 aromatic rings. The summed E-state index contributed by atoms with van der Waals surface area (Å²) in [6.45, 7) is 4.54. The molecule has 136 valence electrons. The highest BCUT2D eigenvalue weighted by atomic mass is 16.5. The average molecular weight is 336 g/mol. The van der Waals surface area contributed by atoms with Crippen LogP contribution in [0.2, 0.25) is 0 Å². The number of hydrogen-bond donors (Lipinski definition) is 1. The van der Waals surface area contributed by atoms with Gasteiger partial charge in [-0.05, 0) is 44.9 Å². The predicted molar refractivity (Wildman–Crippen MR) is 92.5 cm³/mol. The third-order valence-corrected chi connectivity index (χ3v) is 6.97. The lowest BCUT2D eigenvalue weighted by atomic mass is 9.58. The smallest absolute Gasteiger partial charge is 0.229 e. The molecule has 3 fully saturated rings. The summed E-state index contributed by atoms with van der Waals surface area (Å²) >= 11 is 0. The van der Waals surface area contributed by atoms with Gasteiger partial charge in [-0.1, -0.05) is 13.8 Å². The number of nitrogens with one attached hydrogen (secondary N) is 1. The van der Waals surface area contributed by atoms with Crippen molar-refractivity contribution in [1.82, 2.24) is 10.2 Å². The minimum absolute atomic E-state index is 0.0364. The van der Waals surface area contributed by atoms with Gasteiger partial charge < -0.3 is 10.1 Å². The number of amides is 2. The Hall–Kier alpha value is -0.940. The molecule has 2 aliphatic carbocycles. The van der Waals surface area contributed by atoms with E-state index in [2.05, 4.69) is 19.2 Å². The summed E-state index contributed by atoms with van der Waals surface area (Å²) in [4.78, 5) is 25.4. The molecule has 0 aromatic heterocycles. The summed E-state index contributed by atoms with van der Waals surface area (Å²) in [5.74, 6) is 0.0728. The van der Waals surface area contributed by atoms with Crippen molar-refractivity contribution >= 4 is 11.8 Å². The van der Waals surface area contributed by atoms with Gasteiger partial charge in [0.1, 0.15) is 0 Å². The molecule has 24 heavy (non-hydrogen) atoms. The number of ether oxygens (including phenoxy) is 1. The monoisotopic (exact) mass is 336 g/mol. The lowest BCUT2D eigenvalue weighted by Crippen LogP contribution is -2.65. The number of carbonyl (C=O) groups is 2. The second kappa shape index (κ2) is 7.12. The highest BCUT2D eigenvalue weighted by Crippen LogP contribution is 2.49. The average Bonchev–Trinajstić information content (AvgIpc) is 2.92. The molecule has 1 aliphatic heterocycles. The second-order valence-electron chi connectivity index (χ2n) is 7.78. The van der Waals surface area contributed by atoms with Crippen molar-refractivity contribution in [3.05, 3.63) is 0 Å². The Morgan fingerprint density at radius 2 is 1.67 bits per heavy atom. The van der Waals surface area contributed by atoms with Crippen LogP contribution in [0.1, 0.15) is 71.6 Å². The van der Waals surface area contributed by atoms with E-state index in [1.54, 1.807) is 4.90 Å². The van der Waals surface area contributed by atoms with Gasteiger partial charge in [-0.2, -0.15) is 0 Å². The largest absolute Gasteiger partial charge is 0.381 e. The van der Waals surface area contributed by atoms with Crippen LogP contribution in [0.25, 0.3) is 0 Å². The number of rotatable bonds is 6. The Balaban J connectivity index is 1.53. The van der Waals surface area contributed by atoms with Crippen molar-refractivity contribution in [2.24, 2.45) is 5.41 Å². The first-order valence-electron chi connectivity index (χ1n) is 9.69. The highest BCUT2D eigenvalue weighted by molar-refractivity contribution is 6.02. The molecule has 1 N–H and O–H groups in total. The van der Waals surface area contributed by atoms with Crippen molar-refractivity contribution in [2.45, 2.75) is 95.9 Å². The van der Waals surface area contributed by atoms with Crippen molar-refractivity contribution in [1.29, 1.82) is 0 Å². The van der Waals surface area contributed by atoms with E-state index in [4.69, 9.17) is 4.74 Å². The van der Waals surface area contributed by atoms with E-state index in [0.717, 1.165) is 44.9 Å². The molecule has 0 bridgehead atoms. The Morgan fingerprint density at radius 3 is 2.17 bits per heavy atom. The van der Waals surface area contributed by atoms with Crippen LogP contribution in [0.3, 0.4) is 0 Å². The van der Waals surface area contributed by atoms with Crippen LogP contribution in [-0.4, -0.2) is 48.1 Å². The van der Waals surface area contributed by atoms with Gasteiger partial charge in [0.2, 0.25) is 11.8 Å². The summed E-state index contributed by atoms with van der Waals surface area (Å²) in [5.41, 5.74) is 0.270. The van der Waals surface area contributed by atoms with Crippen LogP contribution in [0.15, 0.2) is 0 Å². The fraction of sp³-hybridized carbons (Fsp3) is 0.895. The molecular weight excluding hydrogens is 304 g/mol. The second-order valence-corrected chi connectivity index (χ2v) is 7.78. The number of nitrogens with zero attached hydrogens (tertiary/aromatic N) is 1. The Kier molecular flexibility index (Phi) is 5.30. The minimum Gasteiger partial charge on any atom is -0.381 e. The summed E-state index contributed by atoms with van der Waals surface area (Å²) in [7, 11) is 1.83. The standard InChI is InChI=1S/C19H32N2O3/c1-4-19(5-2)15(12-16(19)24-3)20-13-6-8-14(9-7-13)21-17(22)10-11-18(21)23/h13-16,20H,4-12H2,1-3H3/t13?,14?,15-,16+/m1/s1. The molecule has 3 rings (SSSR count). The molecule has 5 nitrogen and oxygen atoms in total. The van der Waals surface area contributed by atoms with Crippen LogP contribution >= 0.6 is 0 Å². The number of likely N-dealkylation sites (tertiary alicyclic amines) is 1. The number of imide groups is 1. The number of carbonyl (C=O) groups excluding carboxylic acids is 2. The third-order valence-electron chi connectivity index (χ3n) is 6.97. The molecule has 2 saturated carbocycles. The third kappa shape index (κ3) is 2.90. The molecule has 1 saturated heterocycles. The molecule has 0 unspecified atom stereocenters. The normalized spacial score (nSPS) is 36.0. The lowest BCUT2D eigenvalue weighted by Gasteiger charge is -2.56. The molecule has 0 spiro atoms. The first kappa shape index (κ1) is 17.9. The van der Waals surface area contributed by atoms with Gasteiger partial charge in [0.15, 0.2) is 0 Å². The van der Waals surface area contributed by atoms with E-state index in [0.29, 0.717) is 31.0 Å². The van der Waals surface area contributed by atoms with Crippen LogP contribution in [0, 0.1) is 5.41 Å². The van der Waals surface area contributed by atoms with Crippen LogP contribution in [0.5, 0.6) is 0 Å². The topological polar surface area (TPSA) is 58.6 Å². The van der Waals surface area contributed by atoms with Crippen molar-refractivity contribution < 1.29 is 14.3 Å². The van der Waals surface area contributed by atoms with E-state index in [-0.39, 0.29) is 23.3 Å². The van der Waals surface area contributed by atoms with E-state index in [1.807, 2.05) is 7.11 Å². The number of hydrogen-bond acceptors (Lipinski definition) is 4. The predicted octanol–water partition coefficient (Wildman–Crippen LogP) is 2.63. The van der Waals surface area contributed by atoms with Crippen LogP contribution in [0.4, 0.5) is 0 Å². The molecule has 2 atom stereocenters. The molecule has 5 heteroatoms. The van der Waals surface area contributed by atoms with E-state index in [1.165, 1.54) is 0 Å². The van der Waals surface area contributed by atoms with Crippen molar-refractivity contribution in [2.75, 3.05) is 7.11 Å². The minimum atomic E-state index is 0.0364. The lowest BCUT2D eigenvalue weighted by molar-refractivity contribution is -0.142. The van der Waals surface area contributed by atoms with E-state index < -0.39 is 0 Å². The number of methoxy groups -OCH3 is 1. The van der Waals surface area contributed by atoms with Gasteiger partial charge in [0.05, 0.1) is 6.10 Å². The maximum atomic E-state index is 11.9. The first-order valence-corrected chi connectivity index (χ1v) is 9.69. The molecule has 3 aliphatic rings. The van der Waals surface area contributed by atoms with Gasteiger partial charge in [0.25, 0.3) is 0 Å². The van der Waals surface area contributed by atoms with E-state index in [9.17, 15) is 9.59 Å². The van der Waals surface area contributed by atoms with E-state index >= 15 is 0 Å². The summed E-state index contributed by atoms with van der Waals surface area (Å²) < 4.78 is 5.69. The fourth-order valence-corrected chi connectivity index (χ4v) is 5.30. The van der Waals surface area contributed by atoms with Crippen LogP contribution < -0.4 is 5.32 Å². The molecule has 0 aromatic carbocycles. The highest BCUT2D eigenvalue weighted by Gasteiger charge is 2.53. The molecule has 2 amide bonds. The van der Waals surface area contributed by atoms with Gasteiger partial charge in [-0.25, -0.2) is 0 Å². The van der Waals surface area contributed by atoms with Gasteiger partial charge in [-0.3, -0.25) is 14.5 Å². The summed E-state index contributed by atoms with van der Waals surface area (Å²) in [6.07, 6.45) is 8.58. The van der Waals surface area contributed by atoms with Gasteiger partial charge in [0, 0.05) is 43.5 Å². The van der Waals surface area contributed by atoms with Gasteiger partial charge in [-0.15, -0.1) is 0 Å². The maximum Gasteiger partial charge on any atom is 0.229 e. The zero-order valence-corrected chi connectivity index (χ0v) is 15.3. The van der Waals surface area contributed by atoms with Crippen molar-refractivity contribution in [3.8, 4) is 0 Å². The van der Waals surface area contributed by atoms with Gasteiger partial charge >= 0.3 is 0 Å². The van der Waals surface area contributed by atoms with Crippen LogP contribution in [-0.2, 0) is 14.3 Å². The Labute approximate surface area is 145 Å². The zero-order chi connectivity index (χ0) is 17.3. The summed E-state index contributed by atoms with van der Waals surface area (Å²) in [6, 6.07) is 1.18. The maximum absolute atomic E-state index is 11.9. The fourth-order valence-electron chi connectivity index (χ4n) is 5.30. The SMILES string of the molecule is CCC1(CC)[C@@H](OC)C[C@H]1NC1CCC(N2C(=O)CCC2=O)CC1. The Morgan fingerprint density at radius 1 is 1.08 bits per heavy atom. The van der Waals surface area contributed by atoms with Crippen molar-refractivity contribution in [3.63, 3.8) is 0 Å². The quantitative estimate of drug-likeness (QED) is 0.758. The molecule has 1 heterocycles. The first-order chi connectivity index (χ1) is 11.6. The molecule has 0 radical (unpaired) electrons.